The minimum Gasteiger partial charge on any atom is -0.348 e. The summed E-state index contributed by atoms with van der Waals surface area (Å²) in [7, 11) is 0. The second-order valence-corrected chi connectivity index (χ2v) is 3.10. The second-order valence-electron chi connectivity index (χ2n) is 3.10. The fourth-order valence-corrected chi connectivity index (χ4v) is 0.997. The van der Waals surface area contributed by atoms with Crippen molar-refractivity contribution in [1.29, 1.82) is 0 Å². The molecule has 1 rings (SSSR count). The molecule has 1 aliphatic carbocycles. The lowest BCUT2D eigenvalue weighted by Crippen LogP contribution is -2.54. The Labute approximate surface area is 66.6 Å². The molecule has 0 aromatic heterocycles. The zero-order chi connectivity index (χ0) is 8.43. The quantitative estimate of drug-likeness (QED) is 0.557. The fraction of sp³-hybridized carbons (Fsp3) is 0.625. The van der Waals surface area contributed by atoms with Gasteiger partial charge in [-0.05, 0) is 19.8 Å². The van der Waals surface area contributed by atoms with Crippen molar-refractivity contribution >= 4 is 5.91 Å². The van der Waals surface area contributed by atoms with Crippen LogP contribution >= 0.6 is 0 Å². The lowest BCUT2D eigenvalue weighted by molar-refractivity contribution is -0.118. The van der Waals surface area contributed by atoms with Crippen molar-refractivity contribution in [3.8, 4) is 0 Å². The molecule has 3 N–H and O–H groups in total. The first-order chi connectivity index (χ1) is 5.11. The lowest BCUT2D eigenvalue weighted by atomic mass is 9.87. The average Bonchev–Trinajstić information content (AvgIpc) is 1.96. The predicted molar refractivity (Wildman–Crippen MR) is 44.0 cm³/mol. The van der Waals surface area contributed by atoms with Gasteiger partial charge in [-0.15, -0.1) is 0 Å². The average molecular weight is 154 g/mol. The lowest BCUT2D eigenvalue weighted by Gasteiger charge is -2.34. The summed E-state index contributed by atoms with van der Waals surface area (Å²) in [6.45, 7) is 5.23. The van der Waals surface area contributed by atoms with E-state index in [9.17, 15) is 4.79 Å². The molecule has 0 radical (unpaired) electrons. The summed E-state index contributed by atoms with van der Waals surface area (Å²) in [6, 6.07) is 0.331. The van der Waals surface area contributed by atoms with E-state index < -0.39 is 0 Å². The van der Waals surface area contributed by atoms with Crippen molar-refractivity contribution < 1.29 is 4.79 Å². The third kappa shape index (κ3) is 1.80. The summed E-state index contributed by atoms with van der Waals surface area (Å²) in [5, 5.41) is 2.80. The molecule has 2 unspecified atom stereocenters. The normalized spacial score (nSPS) is 28.9. The van der Waals surface area contributed by atoms with Crippen LogP contribution in [0.2, 0.25) is 0 Å². The Morgan fingerprint density at radius 1 is 1.64 bits per heavy atom. The minimum absolute atomic E-state index is 0.0786. The first-order valence-corrected chi connectivity index (χ1v) is 3.83. The molecule has 11 heavy (non-hydrogen) atoms. The molecule has 0 aromatic carbocycles. The van der Waals surface area contributed by atoms with Crippen molar-refractivity contribution in [2.45, 2.75) is 31.8 Å². The Balaban J connectivity index is 2.31. The number of carbonyl (C=O) groups excluding carboxylic acids is 1. The molecule has 0 saturated heterocycles. The van der Waals surface area contributed by atoms with Crippen molar-refractivity contribution in [2.24, 2.45) is 5.73 Å². The van der Waals surface area contributed by atoms with Gasteiger partial charge < -0.3 is 11.1 Å². The zero-order valence-electron chi connectivity index (χ0n) is 6.76. The van der Waals surface area contributed by atoms with Crippen LogP contribution in [-0.4, -0.2) is 18.0 Å². The Hall–Kier alpha value is -0.830. The molecule has 1 aliphatic rings. The molecule has 1 fully saturated rings. The van der Waals surface area contributed by atoms with Crippen LogP contribution in [0.5, 0.6) is 0 Å². The van der Waals surface area contributed by atoms with Gasteiger partial charge in [0.25, 0.3) is 0 Å². The van der Waals surface area contributed by atoms with E-state index in [2.05, 4.69) is 11.9 Å². The van der Waals surface area contributed by atoms with Gasteiger partial charge in [-0.3, -0.25) is 4.79 Å². The molecule has 0 aliphatic heterocycles. The summed E-state index contributed by atoms with van der Waals surface area (Å²) in [5.74, 6) is -0.0786. The number of amides is 1. The van der Waals surface area contributed by atoms with Gasteiger partial charge in [0.1, 0.15) is 0 Å². The standard InChI is InChI=1S/C8H14N2O/c1-5(2)8(11)10-7-4-3-6(7)9/h6-7H,1,3-4,9H2,2H3,(H,10,11). The van der Waals surface area contributed by atoms with Crippen LogP contribution in [0.15, 0.2) is 12.2 Å². The van der Waals surface area contributed by atoms with Crippen molar-refractivity contribution in [3.63, 3.8) is 0 Å². The molecule has 3 nitrogen and oxygen atoms in total. The van der Waals surface area contributed by atoms with Gasteiger partial charge in [0.05, 0.1) is 0 Å². The van der Waals surface area contributed by atoms with Crippen LogP contribution in [0, 0.1) is 0 Å². The molecule has 62 valence electrons. The summed E-state index contributed by atoms with van der Waals surface area (Å²) in [6.07, 6.45) is 2.02. The van der Waals surface area contributed by atoms with Gasteiger partial charge in [0.15, 0.2) is 0 Å². The zero-order valence-corrected chi connectivity index (χ0v) is 6.76. The Morgan fingerprint density at radius 3 is 2.55 bits per heavy atom. The summed E-state index contributed by atoms with van der Waals surface area (Å²) in [4.78, 5) is 11.0. The maximum Gasteiger partial charge on any atom is 0.246 e. The van der Waals surface area contributed by atoms with Crippen molar-refractivity contribution in [1.82, 2.24) is 5.32 Å². The Morgan fingerprint density at radius 2 is 2.27 bits per heavy atom. The number of nitrogens with two attached hydrogens (primary N) is 1. The van der Waals surface area contributed by atoms with Crippen LogP contribution in [0.25, 0.3) is 0 Å². The van der Waals surface area contributed by atoms with E-state index in [4.69, 9.17) is 5.73 Å². The first kappa shape index (κ1) is 8.27. The third-order valence-corrected chi connectivity index (χ3v) is 2.03. The summed E-state index contributed by atoms with van der Waals surface area (Å²) >= 11 is 0. The van der Waals surface area contributed by atoms with Crippen molar-refractivity contribution in [2.75, 3.05) is 0 Å². The van der Waals surface area contributed by atoms with Gasteiger partial charge >= 0.3 is 0 Å². The molecule has 0 heterocycles. The number of hydrogen-bond acceptors (Lipinski definition) is 2. The van der Waals surface area contributed by atoms with Crippen LogP contribution < -0.4 is 11.1 Å². The van der Waals surface area contributed by atoms with Gasteiger partial charge in [-0.1, -0.05) is 6.58 Å². The van der Waals surface area contributed by atoms with E-state index >= 15 is 0 Å². The molecule has 3 heteroatoms. The monoisotopic (exact) mass is 154 g/mol. The van der Waals surface area contributed by atoms with Gasteiger partial charge in [-0.2, -0.15) is 0 Å². The first-order valence-electron chi connectivity index (χ1n) is 3.83. The van der Waals surface area contributed by atoms with Crippen LogP contribution in [0.3, 0.4) is 0 Å². The van der Waals surface area contributed by atoms with Crippen LogP contribution in [0.4, 0.5) is 0 Å². The molecular formula is C8H14N2O. The van der Waals surface area contributed by atoms with Gasteiger partial charge in [0, 0.05) is 17.7 Å². The molecule has 0 aromatic rings. The molecule has 1 amide bonds. The topological polar surface area (TPSA) is 55.1 Å². The smallest absolute Gasteiger partial charge is 0.246 e. The number of nitrogens with one attached hydrogen (secondary N) is 1. The van der Waals surface area contributed by atoms with E-state index in [1.54, 1.807) is 6.92 Å². The number of rotatable bonds is 2. The second kappa shape index (κ2) is 3.05. The molecular weight excluding hydrogens is 140 g/mol. The maximum absolute atomic E-state index is 11.0. The Kier molecular flexibility index (Phi) is 2.29. The number of hydrogen-bond donors (Lipinski definition) is 2. The van der Waals surface area contributed by atoms with E-state index in [-0.39, 0.29) is 18.0 Å². The summed E-state index contributed by atoms with van der Waals surface area (Å²) in [5.41, 5.74) is 6.17. The largest absolute Gasteiger partial charge is 0.348 e. The summed E-state index contributed by atoms with van der Waals surface area (Å²) < 4.78 is 0. The van der Waals surface area contributed by atoms with E-state index in [1.165, 1.54) is 0 Å². The Bertz CT molecular complexity index is 189. The molecule has 0 spiro atoms. The number of carbonyl (C=O) groups is 1. The van der Waals surface area contributed by atoms with E-state index in [1.807, 2.05) is 0 Å². The van der Waals surface area contributed by atoms with Crippen molar-refractivity contribution in [3.05, 3.63) is 12.2 Å². The van der Waals surface area contributed by atoms with Gasteiger partial charge in [-0.25, -0.2) is 0 Å². The highest BCUT2D eigenvalue weighted by atomic mass is 16.1. The van der Waals surface area contributed by atoms with Crippen LogP contribution in [0.1, 0.15) is 19.8 Å². The highest BCUT2D eigenvalue weighted by Gasteiger charge is 2.28. The van der Waals surface area contributed by atoms with E-state index in [0.717, 1.165) is 12.8 Å². The fourth-order valence-electron chi connectivity index (χ4n) is 0.997. The van der Waals surface area contributed by atoms with Gasteiger partial charge in [0.2, 0.25) is 5.91 Å². The third-order valence-electron chi connectivity index (χ3n) is 2.03. The highest BCUT2D eigenvalue weighted by molar-refractivity contribution is 5.92. The minimum atomic E-state index is -0.0786. The predicted octanol–water partition coefficient (Wildman–Crippen LogP) is 0.168. The highest BCUT2D eigenvalue weighted by Crippen LogP contribution is 2.17. The molecule has 0 bridgehead atoms. The van der Waals surface area contributed by atoms with E-state index in [0.29, 0.717) is 5.57 Å². The molecule has 2 atom stereocenters. The molecule has 1 saturated carbocycles. The SMILES string of the molecule is C=C(C)C(=O)NC1CCC1N. The van der Waals surface area contributed by atoms with Crippen LogP contribution in [-0.2, 0) is 4.79 Å². The maximum atomic E-state index is 11.0.